The van der Waals surface area contributed by atoms with E-state index in [9.17, 15) is 9.59 Å². The maximum atomic E-state index is 13.0. The number of aryl methyl sites for hydroxylation is 1. The summed E-state index contributed by atoms with van der Waals surface area (Å²) in [7, 11) is 0. The van der Waals surface area contributed by atoms with Crippen LogP contribution in [0.2, 0.25) is 10.0 Å². The second-order valence-corrected chi connectivity index (χ2v) is 8.54. The summed E-state index contributed by atoms with van der Waals surface area (Å²) in [5.74, 6) is 0.728. The third-order valence-corrected chi connectivity index (χ3v) is 6.30. The van der Waals surface area contributed by atoms with Crippen molar-refractivity contribution in [3.05, 3.63) is 92.9 Å². The third-order valence-electron chi connectivity index (χ3n) is 5.47. The molecule has 35 heavy (non-hydrogen) atoms. The van der Waals surface area contributed by atoms with Crippen LogP contribution in [0.5, 0.6) is 17.2 Å². The SMILES string of the molecule is CCOc1ccc2oc(C)c(C(=O)Oc3ccc4c(c3)O/C(=C\c3cccc(Cl)c3Cl)C4=O)c2c1. The lowest BCUT2D eigenvalue weighted by atomic mass is 10.1. The number of ketones is 1. The fourth-order valence-corrected chi connectivity index (χ4v) is 4.23. The van der Waals surface area contributed by atoms with Gasteiger partial charge in [0, 0.05) is 11.5 Å². The molecule has 0 saturated heterocycles. The Morgan fingerprint density at radius 2 is 1.86 bits per heavy atom. The van der Waals surface area contributed by atoms with Gasteiger partial charge < -0.3 is 18.6 Å². The van der Waals surface area contributed by atoms with Gasteiger partial charge in [0.2, 0.25) is 5.78 Å². The van der Waals surface area contributed by atoms with Crippen LogP contribution in [0.3, 0.4) is 0 Å². The average Bonchev–Trinajstić information content (AvgIpc) is 3.32. The highest BCUT2D eigenvalue weighted by Gasteiger charge is 2.29. The van der Waals surface area contributed by atoms with Gasteiger partial charge in [-0.3, -0.25) is 4.79 Å². The molecule has 0 fully saturated rings. The minimum Gasteiger partial charge on any atom is -0.494 e. The first-order valence-corrected chi connectivity index (χ1v) is 11.5. The Morgan fingerprint density at radius 3 is 2.66 bits per heavy atom. The maximum absolute atomic E-state index is 13.0. The van der Waals surface area contributed by atoms with Crippen molar-refractivity contribution in [1.29, 1.82) is 0 Å². The van der Waals surface area contributed by atoms with Crippen molar-refractivity contribution in [2.24, 2.45) is 0 Å². The Balaban J connectivity index is 1.41. The number of halogens is 2. The highest BCUT2D eigenvalue weighted by molar-refractivity contribution is 6.43. The fourth-order valence-electron chi connectivity index (χ4n) is 3.87. The largest absolute Gasteiger partial charge is 0.494 e. The zero-order chi connectivity index (χ0) is 24.7. The maximum Gasteiger partial charge on any atom is 0.347 e. The summed E-state index contributed by atoms with van der Waals surface area (Å²) in [5, 5.41) is 1.28. The van der Waals surface area contributed by atoms with Gasteiger partial charge in [-0.2, -0.15) is 0 Å². The van der Waals surface area contributed by atoms with E-state index in [-0.39, 0.29) is 23.0 Å². The molecule has 1 aliphatic rings. The minimum atomic E-state index is -0.597. The number of fused-ring (bicyclic) bond motifs is 2. The minimum absolute atomic E-state index is 0.0905. The molecule has 1 aromatic heterocycles. The standard InChI is InChI=1S/C27H18Cl2O6/c1-3-32-16-8-10-21-19(12-16)24(14(2)33-21)27(31)34-17-7-9-18-22(13-17)35-23(26(18)30)11-15-5-4-6-20(28)25(15)29/h4-13H,3H2,1-2H3/b23-11-. The van der Waals surface area contributed by atoms with Crippen LogP contribution in [0.4, 0.5) is 0 Å². The van der Waals surface area contributed by atoms with Crippen molar-refractivity contribution >= 4 is 52.0 Å². The number of allylic oxidation sites excluding steroid dienone is 1. The number of carbonyl (C=O) groups excluding carboxylic acids is 2. The Bertz CT molecular complexity index is 1530. The van der Waals surface area contributed by atoms with E-state index in [2.05, 4.69) is 0 Å². The number of rotatable bonds is 5. The predicted molar refractivity (Wildman–Crippen MR) is 133 cm³/mol. The molecule has 0 N–H and O–H groups in total. The lowest BCUT2D eigenvalue weighted by Crippen LogP contribution is -2.09. The molecular weight excluding hydrogens is 491 g/mol. The molecule has 0 radical (unpaired) electrons. The molecule has 0 spiro atoms. The van der Waals surface area contributed by atoms with Crippen LogP contribution < -0.4 is 14.2 Å². The molecular formula is C27H18Cl2O6. The molecule has 3 aromatic carbocycles. The summed E-state index contributed by atoms with van der Waals surface area (Å²) in [6.45, 7) is 4.07. The van der Waals surface area contributed by atoms with Gasteiger partial charge >= 0.3 is 5.97 Å². The van der Waals surface area contributed by atoms with Crippen LogP contribution in [0, 0.1) is 6.92 Å². The second kappa shape index (κ2) is 9.13. The van der Waals surface area contributed by atoms with Gasteiger partial charge in [-0.1, -0.05) is 35.3 Å². The summed E-state index contributed by atoms with van der Waals surface area (Å²) in [6, 6.07) is 15.0. The molecule has 0 bridgehead atoms. The normalized spacial score (nSPS) is 13.7. The van der Waals surface area contributed by atoms with E-state index in [1.807, 2.05) is 6.92 Å². The molecule has 1 aliphatic heterocycles. The Kier molecular flexibility index (Phi) is 6.01. The van der Waals surface area contributed by atoms with Crippen molar-refractivity contribution in [1.82, 2.24) is 0 Å². The van der Waals surface area contributed by atoms with Crippen LogP contribution in [0.1, 0.15) is 39.0 Å². The summed E-state index contributed by atoms with van der Waals surface area (Å²) in [6.07, 6.45) is 1.53. The van der Waals surface area contributed by atoms with Gasteiger partial charge in [-0.25, -0.2) is 4.79 Å². The Hall–Kier alpha value is -3.74. The molecule has 0 unspecified atom stereocenters. The van der Waals surface area contributed by atoms with Crippen LogP contribution in [-0.2, 0) is 0 Å². The quantitative estimate of drug-likeness (QED) is 0.160. The van der Waals surface area contributed by atoms with Crippen molar-refractivity contribution in [3.8, 4) is 17.2 Å². The summed E-state index contributed by atoms with van der Waals surface area (Å²) in [4.78, 5) is 25.8. The number of furan rings is 1. The summed E-state index contributed by atoms with van der Waals surface area (Å²) in [5.41, 5.74) is 1.75. The number of hydrogen-bond donors (Lipinski definition) is 0. The summed E-state index contributed by atoms with van der Waals surface area (Å²) >= 11 is 12.3. The first-order chi connectivity index (χ1) is 16.9. The average molecular weight is 509 g/mol. The molecule has 0 atom stereocenters. The molecule has 5 rings (SSSR count). The number of benzene rings is 3. The van der Waals surface area contributed by atoms with Gasteiger partial charge in [0.15, 0.2) is 5.76 Å². The number of ether oxygens (including phenoxy) is 3. The van der Waals surface area contributed by atoms with Crippen molar-refractivity contribution < 1.29 is 28.2 Å². The molecule has 2 heterocycles. The number of hydrogen-bond acceptors (Lipinski definition) is 6. The van der Waals surface area contributed by atoms with Gasteiger partial charge in [-0.05, 0) is 61.9 Å². The lowest BCUT2D eigenvalue weighted by molar-refractivity contribution is 0.0734. The molecule has 4 aromatic rings. The van der Waals surface area contributed by atoms with E-state index in [1.54, 1.807) is 49.4 Å². The number of esters is 1. The van der Waals surface area contributed by atoms with E-state index in [0.717, 1.165) is 0 Å². The molecule has 0 aliphatic carbocycles. The van der Waals surface area contributed by atoms with Crippen LogP contribution in [-0.4, -0.2) is 18.4 Å². The van der Waals surface area contributed by atoms with Crippen molar-refractivity contribution in [2.75, 3.05) is 6.61 Å². The molecule has 6 nitrogen and oxygen atoms in total. The zero-order valence-corrected chi connectivity index (χ0v) is 20.2. The van der Waals surface area contributed by atoms with Gasteiger partial charge in [0.05, 0.1) is 22.2 Å². The number of Topliss-reactive ketones (excluding diaryl/α,β-unsaturated/α-hetero) is 1. The van der Waals surface area contributed by atoms with E-state index in [1.165, 1.54) is 18.2 Å². The van der Waals surface area contributed by atoms with Crippen LogP contribution in [0.25, 0.3) is 17.0 Å². The van der Waals surface area contributed by atoms with Crippen molar-refractivity contribution in [3.63, 3.8) is 0 Å². The molecule has 0 amide bonds. The first kappa shape index (κ1) is 23.0. The fraction of sp³-hybridized carbons (Fsp3) is 0.111. The predicted octanol–water partition coefficient (Wildman–Crippen LogP) is 7.28. The lowest BCUT2D eigenvalue weighted by Gasteiger charge is -2.06. The highest BCUT2D eigenvalue weighted by Crippen LogP contribution is 2.37. The smallest absolute Gasteiger partial charge is 0.347 e. The molecule has 176 valence electrons. The molecule has 0 saturated carbocycles. The van der Waals surface area contributed by atoms with E-state index < -0.39 is 5.97 Å². The van der Waals surface area contributed by atoms with E-state index in [4.69, 9.17) is 41.8 Å². The third kappa shape index (κ3) is 4.27. The van der Waals surface area contributed by atoms with Crippen molar-refractivity contribution in [2.45, 2.75) is 13.8 Å². The Morgan fingerprint density at radius 1 is 1.06 bits per heavy atom. The van der Waals surface area contributed by atoms with Gasteiger partial charge in [-0.15, -0.1) is 0 Å². The van der Waals surface area contributed by atoms with Gasteiger partial charge in [0.1, 0.15) is 34.2 Å². The second-order valence-electron chi connectivity index (χ2n) is 7.75. The first-order valence-electron chi connectivity index (χ1n) is 10.8. The topological polar surface area (TPSA) is 75.0 Å². The monoisotopic (exact) mass is 508 g/mol. The van der Waals surface area contributed by atoms with E-state index >= 15 is 0 Å². The van der Waals surface area contributed by atoms with Crippen LogP contribution >= 0.6 is 23.2 Å². The van der Waals surface area contributed by atoms with E-state index in [0.29, 0.717) is 55.8 Å². The highest BCUT2D eigenvalue weighted by atomic mass is 35.5. The molecule has 8 heteroatoms. The Labute approximate surface area is 210 Å². The van der Waals surface area contributed by atoms with Crippen LogP contribution in [0.15, 0.2) is 64.8 Å². The van der Waals surface area contributed by atoms with Gasteiger partial charge in [0.25, 0.3) is 0 Å². The summed E-state index contributed by atoms with van der Waals surface area (Å²) < 4.78 is 22.6. The number of carbonyl (C=O) groups is 2. The zero-order valence-electron chi connectivity index (χ0n) is 18.7.